The Labute approximate surface area is 122 Å². The van der Waals surface area contributed by atoms with Gasteiger partial charge in [0.25, 0.3) is 0 Å². The summed E-state index contributed by atoms with van der Waals surface area (Å²) < 4.78 is 0. The summed E-state index contributed by atoms with van der Waals surface area (Å²) in [6, 6.07) is 0.469. The fourth-order valence-corrected chi connectivity index (χ4v) is 4.65. The van der Waals surface area contributed by atoms with Gasteiger partial charge in [-0.3, -0.25) is 0 Å². The van der Waals surface area contributed by atoms with E-state index in [-0.39, 0.29) is 0 Å². The smallest absolute Gasteiger partial charge is 0.1000 e. The first-order valence-corrected chi connectivity index (χ1v) is 8.58. The highest BCUT2D eigenvalue weighted by molar-refractivity contribution is 7.12. The Balaban J connectivity index is 1.81. The van der Waals surface area contributed by atoms with Gasteiger partial charge in [-0.05, 0) is 32.7 Å². The SMILES string of the molecule is CCNC1CCCc2sc(Cc3nc(C)cs3)nc21. The number of fused-ring (bicyclic) bond motifs is 1. The minimum Gasteiger partial charge on any atom is -0.309 e. The maximum absolute atomic E-state index is 4.88. The van der Waals surface area contributed by atoms with Crippen LogP contribution >= 0.6 is 22.7 Å². The summed E-state index contributed by atoms with van der Waals surface area (Å²) in [7, 11) is 0. The second-order valence-electron chi connectivity index (χ2n) is 4.98. The molecule has 3 rings (SSSR count). The van der Waals surface area contributed by atoms with Gasteiger partial charge in [0.05, 0.1) is 28.2 Å². The van der Waals surface area contributed by atoms with E-state index in [0.717, 1.165) is 18.7 Å². The zero-order chi connectivity index (χ0) is 13.2. The average molecular weight is 293 g/mol. The molecule has 1 N–H and O–H groups in total. The number of aromatic nitrogens is 2. The van der Waals surface area contributed by atoms with Crippen LogP contribution in [0, 0.1) is 6.92 Å². The zero-order valence-electron chi connectivity index (χ0n) is 11.4. The van der Waals surface area contributed by atoms with Crippen molar-refractivity contribution in [2.24, 2.45) is 0 Å². The summed E-state index contributed by atoms with van der Waals surface area (Å²) in [5.74, 6) is 0. The van der Waals surface area contributed by atoms with E-state index >= 15 is 0 Å². The predicted molar refractivity (Wildman–Crippen MR) is 81.1 cm³/mol. The third-order valence-corrected chi connectivity index (χ3v) is 5.52. The first-order valence-electron chi connectivity index (χ1n) is 6.89. The first kappa shape index (κ1) is 13.2. The lowest BCUT2D eigenvalue weighted by Crippen LogP contribution is -2.24. The van der Waals surface area contributed by atoms with Crippen molar-refractivity contribution in [1.82, 2.24) is 15.3 Å². The van der Waals surface area contributed by atoms with Gasteiger partial charge in [0.2, 0.25) is 0 Å². The normalized spacial score (nSPS) is 18.5. The molecular weight excluding hydrogens is 274 g/mol. The Morgan fingerprint density at radius 3 is 3.00 bits per heavy atom. The summed E-state index contributed by atoms with van der Waals surface area (Å²) in [4.78, 5) is 10.9. The molecule has 1 aliphatic rings. The number of aryl methyl sites for hydroxylation is 2. The Morgan fingerprint density at radius 1 is 1.37 bits per heavy atom. The van der Waals surface area contributed by atoms with Crippen LogP contribution in [0.2, 0.25) is 0 Å². The van der Waals surface area contributed by atoms with E-state index in [1.807, 2.05) is 18.3 Å². The van der Waals surface area contributed by atoms with Crippen LogP contribution in [-0.4, -0.2) is 16.5 Å². The fourth-order valence-electron chi connectivity index (χ4n) is 2.60. The van der Waals surface area contributed by atoms with Gasteiger partial charge in [-0.25, -0.2) is 9.97 Å². The quantitative estimate of drug-likeness (QED) is 0.937. The van der Waals surface area contributed by atoms with E-state index in [9.17, 15) is 0 Å². The topological polar surface area (TPSA) is 37.8 Å². The number of thiazole rings is 2. The summed E-state index contributed by atoms with van der Waals surface area (Å²) in [5.41, 5.74) is 2.42. The molecule has 2 aromatic heterocycles. The molecule has 0 saturated carbocycles. The van der Waals surface area contributed by atoms with Crippen molar-refractivity contribution in [2.45, 2.75) is 45.6 Å². The molecule has 0 bridgehead atoms. The summed E-state index contributed by atoms with van der Waals surface area (Å²) in [6.07, 6.45) is 4.60. The van der Waals surface area contributed by atoms with Crippen LogP contribution in [0.1, 0.15) is 52.1 Å². The van der Waals surface area contributed by atoms with E-state index in [1.54, 1.807) is 11.3 Å². The minimum absolute atomic E-state index is 0.469. The predicted octanol–water partition coefficient (Wildman–Crippen LogP) is 3.49. The van der Waals surface area contributed by atoms with Crippen LogP contribution in [0.15, 0.2) is 5.38 Å². The van der Waals surface area contributed by atoms with Gasteiger partial charge in [0, 0.05) is 16.0 Å². The number of hydrogen-bond acceptors (Lipinski definition) is 5. The van der Waals surface area contributed by atoms with Crippen molar-refractivity contribution in [2.75, 3.05) is 6.54 Å². The molecule has 2 heterocycles. The Kier molecular flexibility index (Phi) is 3.96. The van der Waals surface area contributed by atoms with Crippen LogP contribution in [0.25, 0.3) is 0 Å². The van der Waals surface area contributed by atoms with Crippen LogP contribution < -0.4 is 5.32 Å². The molecule has 19 heavy (non-hydrogen) atoms. The van der Waals surface area contributed by atoms with Crippen molar-refractivity contribution in [3.63, 3.8) is 0 Å². The molecule has 0 amide bonds. The van der Waals surface area contributed by atoms with Crippen LogP contribution in [-0.2, 0) is 12.8 Å². The average Bonchev–Trinajstić information content (AvgIpc) is 2.97. The lowest BCUT2D eigenvalue weighted by molar-refractivity contribution is 0.465. The van der Waals surface area contributed by atoms with E-state index < -0.39 is 0 Å². The van der Waals surface area contributed by atoms with Gasteiger partial charge >= 0.3 is 0 Å². The molecule has 2 aromatic rings. The van der Waals surface area contributed by atoms with Crippen LogP contribution in [0.5, 0.6) is 0 Å². The molecule has 1 aliphatic carbocycles. The largest absolute Gasteiger partial charge is 0.309 e. The fraction of sp³-hybridized carbons (Fsp3) is 0.571. The molecule has 0 aromatic carbocycles. The highest BCUT2D eigenvalue weighted by atomic mass is 32.1. The van der Waals surface area contributed by atoms with Gasteiger partial charge in [-0.15, -0.1) is 22.7 Å². The van der Waals surface area contributed by atoms with Gasteiger partial charge in [0.1, 0.15) is 0 Å². The lowest BCUT2D eigenvalue weighted by Gasteiger charge is -2.21. The standard InChI is InChI=1S/C14H19N3S2/c1-3-15-10-5-4-6-11-14(10)17-13(19-11)7-12-16-9(2)8-18-12/h8,10,15H,3-7H2,1-2H3. The molecule has 0 fully saturated rings. The second kappa shape index (κ2) is 5.69. The molecular formula is C14H19N3S2. The van der Waals surface area contributed by atoms with Crippen LogP contribution in [0.3, 0.4) is 0 Å². The van der Waals surface area contributed by atoms with Crippen molar-refractivity contribution in [3.05, 3.63) is 31.7 Å². The molecule has 0 spiro atoms. The monoisotopic (exact) mass is 293 g/mol. The first-order chi connectivity index (χ1) is 9.26. The molecule has 0 aliphatic heterocycles. The number of nitrogens with one attached hydrogen (secondary N) is 1. The molecule has 3 nitrogen and oxygen atoms in total. The minimum atomic E-state index is 0.469. The molecule has 5 heteroatoms. The molecule has 1 atom stereocenters. The van der Waals surface area contributed by atoms with Crippen molar-refractivity contribution >= 4 is 22.7 Å². The van der Waals surface area contributed by atoms with Crippen molar-refractivity contribution < 1.29 is 0 Å². The highest BCUT2D eigenvalue weighted by Gasteiger charge is 2.24. The molecule has 102 valence electrons. The zero-order valence-corrected chi connectivity index (χ0v) is 13.0. The summed E-state index contributed by atoms with van der Waals surface area (Å²) >= 11 is 3.63. The maximum atomic E-state index is 4.88. The number of hydrogen-bond donors (Lipinski definition) is 1. The van der Waals surface area contributed by atoms with E-state index in [0.29, 0.717) is 6.04 Å². The second-order valence-corrected chi connectivity index (χ2v) is 7.09. The van der Waals surface area contributed by atoms with E-state index in [1.165, 1.54) is 39.8 Å². The maximum Gasteiger partial charge on any atom is 0.1000 e. The third kappa shape index (κ3) is 2.88. The Morgan fingerprint density at radius 2 is 2.26 bits per heavy atom. The van der Waals surface area contributed by atoms with Gasteiger partial charge in [0.15, 0.2) is 0 Å². The number of rotatable bonds is 4. The molecule has 1 unspecified atom stereocenters. The molecule has 0 radical (unpaired) electrons. The highest BCUT2D eigenvalue weighted by Crippen LogP contribution is 2.34. The number of nitrogens with zero attached hydrogens (tertiary/aromatic N) is 2. The molecule has 0 saturated heterocycles. The lowest BCUT2D eigenvalue weighted by atomic mass is 9.98. The van der Waals surface area contributed by atoms with Gasteiger partial charge < -0.3 is 5.32 Å². The van der Waals surface area contributed by atoms with E-state index in [4.69, 9.17) is 4.98 Å². The van der Waals surface area contributed by atoms with E-state index in [2.05, 4.69) is 22.6 Å². The third-order valence-electron chi connectivity index (χ3n) is 3.42. The summed E-state index contributed by atoms with van der Waals surface area (Å²) in [6.45, 7) is 5.23. The Hall–Kier alpha value is -0.780. The summed E-state index contributed by atoms with van der Waals surface area (Å²) in [5, 5.41) is 8.08. The van der Waals surface area contributed by atoms with Gasteiger partial charge in [-0.2, -0.15) is 0 Å². The van der Waals surface area contributed by atoms with Gasteiger partial charge in [-0.1, -0.05) is 6.92 Å². The van der Waals surface area contributed by atoms with Crippen molar-refractivity contribution in [3.8, 4) is 0 Å². The van der Waals surface area contributed by atoms with Crippen LogP contribution in [0.4, 0.5) is 0 Å². The Bertz CT molecular complexity index is 559. The van der Waals surface area contributed by atoms with Crippen molar-refractivity contribution in [1.29, 1.82) is 0 Å².